The molecule has 0 spiro atoms. The maximum atomic E-state index is 12.6. The SMILES string of the molecule is Cl.FC(F)(F)c1ccc(/C=C/c2nc(COc3ccc(CCCCn4ccnn4)cc3)co2)cc1. The summed E-state index contributed by atoms with van der Waals surface area (Å²) >= 11 is 0. The molecule has 2 heterocycles. The topological polar surface area (TPSA) is 66.0 Å². The molecule has 0 radical (unpaired) electrons. The van der Waals surface area contributed by atoms with Crippen molar-refractivity contribution in [2.75, 3.05) is 0 Å². The standard InChI is InChI=1S/C25H23F3N4O2.ClH/c26-25(27,28)21-9-4-20(5-10-21)8-13-24-30-22(18-34-24)17-33-23-11-6-19(7-12-23)3-1-2-15-32-16-14-29-31-32;/h4-14,16,18H,1-3,15,17H2;1H/b13-8+;. The Bertz CT molecular complexity index is 1190. The van der Waals surface area contributed by atoms with Crippen LogP contribution in [0, 0.1) is 0 Å². The van der Waals surface area contributed by atoms with Crippen LogP contribution in [-0.4, -0.2) is 20.0 Å². The van der Waals surface area contributed by atoms with E-state index in [0.717, 1.165) is 43.7 Å². The van der Waals surface area contributed by atoms with Crippen molar-refractivity contribution in [2.24, 2.45) is 0 Å². The van der Waals surface area contributed by atoms with Crippen LogP contribution in [0.1, 0.15) is 41.1 Å². The van der Waals surface area contributed by atoms with Gasteiger partial charge in [-0.05, 0) is 60.7 Å². The predicted molar refractivity (Wildman–Crippen MR) is 128 cm³/mol. The van der Waals surface area contributed by atoms with E-state index in [-0.39, 0.29) is 19.0 Å². The third-order valence-corrected chi connectivity index (χ3v) is 5.11. The first-order valence-corrected chi connectivity index (χ1v) is 10.8. The van der Waals surface area contributed by atoms with Crippen molar-refractivity contribution in [3.8, 4) is 5.75 Å². The first-order chi connectivity index (χ1) is 16.5. The Morgan fingerprint density at radius 3 is 2.43 bits per heavy atom. The van der Waals surface area contributed by atoms with Gasteiger partial charge in [-0.2, -0.15) is 13.2 Å². The number of nitrogens with zero attached hydrogens (tertiary/aromatic N) is 4. The number of benzene rings is 2. The summed E-state index contributed by atoms with van der Waals surface area (Å²) in [6, 6.07) is 12.8. The first-order valence-electron chi connectivity index (χ1n) is 10.8. The van der Waals surface area contributed by atoms with Crippen molar-refractivity contribution in [1.82, 2.24) is 20.0 Å². The molecular formula is C25H24ClF3N4O2. The normalized spacial score (nSPS) is 11.5. The third kappa shape index (κ3) is 7.99. The van der Waals surface area contributed by atoms with E-state index in [1.165, 1.54) is 24.0 Å². The molecule has 0 saturated heterocycles. The minimum Gasteiger partial charge on any atom is -0.487 e. The molecule has 0 aliphatic rings. The summed E-state index contributed by atoms with van der Waals surface area (Å²) in [6.07, 6.45) is 7.00. The summed E-state index contributed by atoms with van der Waals surface area (Å²) in [4.78, 5) is 4.32. The molecule has 35 heavy (non-hydrogen) atoms. The molecule has 4 aromatic rings. The van der Waals surface area contributed by atoms with Crippen LogP contribution in [0.3, 0.4) is 0 Å². The van der Waals surface area contributed by atoms with Crippen molar-refractivity contribution in [1.29, 1.82) is 0 Å². The molecule has 0 bridgehead atoms. The number of unbranched alkanes of at least 4 members (excludes halogenated alkanes) is 1. The van der Waals surface area contributed by atoms with Crippen LogP contribution >= 0.6 is 12.4 Å². The summed E-state index contributed by atoms with van der Waals surface area (Å²) < 4.78 is 50.9. The van der Waals surface area contributed by atoms with Crippen molar-refractivity contribution < 1.29 is 22.3 Å². The highest BCUT2D eigenvalue weighted by Gasteiger charge is 2.29. The number of hydrogen-bond donors (Lipinski definition) is 0. The first kappa shape index (κ1) is 26.0. The largest absolute Gasteiger partial charge is 0.487 e. The molecule has 2 aromatic carbocycles. The lowest BCUT2D eigenvalue weighted by molar-refractivity contribution is -0.137. The second-order valence-electron chi connectivity index (χ2n) is 7.69. The Labute approximate surface area is 206 Å². The summed E-state index contributed by atoms with van der Waals surface area (Å²) in [5, 5.41) is 7.75. The van der Waals surface area contributed by atoms with Crippen molar-refractivity contribution >= 4 is 24.6 Å². The molecule has 0 N–H and O–H groups in total. The zero-order chi connectivity index (χ0) is 23.8. The lowest BCUT2D eigenvalue weighted by Gasteiger charge is -2.06. The van der Waals surface area contributed by atoms with Gasteiger partial charge < -0.3 is 9.15 Å². The fourth-order valence-electron chi connectivity index (χ4n) is 3.28. The predicted octanol–water partition coefficient (Wildman–Crippen LogP) is 6.48. The van der Waals surface area contributed by atoms with Crippen LogP contribution in [0.25, 0.3) is 12.2 Å². The number of rotatable bonds is 10. The molecule has 184 valence electrons. The second kappa shape index (κ2) is 12.2. The zero-order valence-electron chi connectivity index (χ0n) is 18.7. The quantitative estimate of drug-likeness (QED) is 0.231. The summed E-state index contributed by atoms with van der Waals surface area (Å²) in [5.41, 5.74) is 1.78. The van der Waals surface area contributed by atoms with Gasteiger partial charge in [0.15, 0.2) is 0 Å². The highest BCUT2D eigenvalue weighted by Crippen LogP contribution is 2.29. The minimum absolute atomic E-state index is 0. The fraction of sp³-hybridized carbons (Fsp3) is 0.240. The Balaban J connectivity index is 0.00000342. The van der Waals surface area contributed by atoms with Gasteiger partial charge in [-0.3, -0.25) is 4.68 Å². The lowest BCUT2D eigenvalue weighted by atomic mass is 10.1. The van der Waals surface area contributed by atoms with E-state index in [1.54, 1.807) is 18.3 Å². The Morgan fingerprint density at radius 1 is 0.971 bits per heavy atom. The van der Waals surface area contributed by atoms with E-state index < -0.39 is 11.7 Å². The van der Waals surface area contributed by atoms with Crippen LogP contribution in [0.15, 0.2) is 71.6 Å². The zero-order valence-corrected chi connectivity index (χ0v) is 19.5. The molecule has 0 amide bonds. The molecule has 0 aliphatic heterocycles. The molecule has 0 saturated carbocycles. The van der Waals surface area contributed by atoms with Gasteiger partial charge in [-0.25, -0.2) is 4.98 Å². The monoisotopic (exact) mass is 504 g/mol. The van der Waals surface area contributed by atoms with Gasteiger partial charge in [0.2, 0.25) is 5.89 Å². The smallest absolute Gasteiger partial charge is 0.416 e. The number of hydrogen-bond acceptors (Lipinski definition) is 5. The number of aromatic nitrogens is 4. The van der Waals surface area contributed by atoms with Gasteiger partial charge >= 0.3 is 6.18 Å². The van der Waals surface area contributed by atoms with Crippen LogP contribution < -0.4 is 4.74 Å². The van der Waals surface area contributed by atoms with Gasteiger partial charge in [-0.1, -0.05) is 29.5 Å². The van der Waals surface area contributed by atoms with Crippen LogP contribution in [0.4, 0.5) is 13.2 Å². The summed E-state index contributed by atoms with van der Waals surface area (Å²) in [7, 11) is 0. The Kier molecular flexibility index (Phi) is 9.08. The van der Waals surface area contributed by atoms with Crippen molar-refractivity contribution in [2.45, 2.75) is 38.6 Å². The molecule has 10 heteroatoms. The van der Waals surface area contributed by atoms with Crippen LogP contribution in [0.5, 0.6) is 5.75 Å². The molecule has 0 unspecified atom stereocenters. The lowest BCUT2D eigenvalue weighted by Crippen LogP contribution is -2.03. The number of oxazole rings is 1. The molecular weight excluding hydrogens is 481 g/mol. The number of alkyl halides is 3. The van der Waals surface area contributed by atoms with Crippen molar-refractivity contribution in [3.63, 3.8) is 0 Å². The van der Waals surface area contributed by atoms with Crippen LogP contribution in [-0.2, 0) is 25.7 Å². The van der Waals surface area contributed by atoms with Gasteiger partial charge in [0.05, 0.1) is 11.8 Å². The highest BCUT2D eigenvalue weighted by atomic mass is 35.5. The van der Waals surface area contributed by atoms with E-state index in [2.05, 4.69) is 15.3 Å². The Hall–Kier alpha value is -3.59. The molecule has 2 aromatic heterocycles. The van der Waals surface area contributed by atoms with Gasteiger partial charge in [0, 0.05) is 18.8 Å². The third-order valence-electron chi connectivity index (χ3n) is 5.11. The maximum Gasteiger partial charge on any atom is 0.416 e. The molecule has 0 aliphatic carbocycles. The summed E-state index contributed by atoms with van der Waals surface area (Å²) in [6.45, 7) is 1.11. The summed E-state index contributed by atoms with van der Waals surface area (Å²) in [5.74, 6) is 1.08. The van der Waals surface area contributed by atoms with E-state index in [4.69, 9.17) is 9.15 Å². The van der Waals surface area contributed by atoms with Gasteiger partial charge in [-0.15, -0.1) is 17.5 Å². The number of halogens is 4. The van der Waals surface area contributed by atoms with Gasteiger partial charge in [0.1, 0.15) is 24.3 Å². The fourth-order valence-corrected chi connectivity index (χ4v) is 3.28. The highest BCUT2D eigenvalue weighted by molar-refractivity contribution is 5.85. The molecule has 0 fully saturated rings. The van der Waals surface area contributed by atoms with E-state index in [9.17, 15) is 13.2 Å². The van der Waals surface area contributed by atoms with Crippen LogP contribution in [0.2, 0.25) is 0 Å². The van der Waals surface area contributed by atoms with Crippen molar-refractivity contribution in [3.05, 3.63) is 95.5 Å². The molecule has 0 atom stereocenters. The second-order valence-corrected chi connectivity index (χ2v) is 7.69. The van der Waals surface area contributed by atoms with E-state index in [0.29, 0.717) is 17.1 Å². The van der Waals surface area contributed by atoms with Gasteiger partial charge in [0.25, 0.3) is 0 Å². The molecule has 6 nitrogen and oxygen atoms in total. The van der Waals surface area contributed by atoms with E-state index in [1.807, 2.05) is 35.1 Å². The average molecular weight is 505 g/mol. The number of ether oxygens (including phenoxy) is 1. The number of aryl methyl sites for hydroxylation is 2. The van der Waals surface area contributed by atoms with E-state index >= 15 is 0 Å². The minimum atomic E-state index is -4.35. The average Bonchev–Trinajstić information content (AvgIpc) is 3.52. The maximum absolute atomic E-state index is 12.6. The molecule has 4 rings (SSSR count). The Morgan fingerprint density at radius 2 is 1.74 bits per heavy atom.